The van der Waals surface area contributed by atoms with Crippen molar-refractivity contribution in [1.29, 1.82) is 0 Å². The molecule has 1 fully saturated rings. The van der Waals surface area contributed by atoms with E-state index >= 15 is 0 Å². The number of thioether (sulfide) groups is 1. The highest BCUT2D eigenvalue weighted by molar-refractivity contribution is 8.00. The molecule has 5 heteroatoms. The summed E-state index contributed by atoms with van der Waals surface area (Å²) in [5, 5.41) is 3.37. The predicted molar refractivity (Wildman–Crippen MR) is 56.2 cm³/mol. The van der Waals surface area contributed by atoms with Gasteiger partial charge in [-0.3, -0.25) is 0 Å². The van der Waals surface area contributed by atoms with E-state index < -0.39 is 0 Å². The second-order valence-corrected chi connectivity index (χ2v) is 5.26. The lowest BCUT2D eigenvalue weighted by Gasteiger charge is -2.21. The van der Waals surface area contributed by atoms with Gasteiger partial charge in [0.2, 0.25) is 0 Å². The largest absolute Gasteiger partial charge is 0.317 e. The van der Waals surface area contributed by atoms with E-state index in [0.717, 1.165) is 10.3 Å². The van der Waals surface area contributed by atoms with Gasteiger partial charge >= 0.3 is 0 Å². The Labute approximate surface area is 86.5 Å². The summed E-state index contributed by atoms with van der Waals surface area (Å²) >= 11 is 3.35. The molecule has 0 saturated carbocycles. The van der Waals surface area contributed by atoms with Crippen molar-refractivity contribution in [2.24, 2.45) is 5.92 Å². The molecular formula is C8H13N3S2. The quantitative estimate of drug-likeness (QED) is 0.778. The number of aromatic nitrogens is 2. The van der Waals surface area contributed by atoms with Crippen LogP contribution in [0.1, 0.15) is 12.8 Å². The van der Waals surface area contributed by atoms with Gasteiger partial charge in [-0.25, -0.2) is 4.98 Å². The molecule has 0 atom stereocenters. The van der Waals surface area contributed by atoms with Crippen LogP contribution in [0, 0.1) is 5.92 Å². The minimum absolute atomic E-state index is 0.871. The van der Waals surface area contributed by atoms with Crippen LogP contribution in [-0.2, 0) is 0 Å². The molecular weight excluding hydrogens is 202 g/mol. The van der Waals surface area contributed by atoms with Crippen molar-refractivity contribution in [1.82, 2.24) is 14.7 Å². The van der Waals surface area contributed by atoms with Gasteiger partial charge in [0, 0.05) is 5.75 Å². The van der Waals surface area contributed by atoms with Crippen LogP contribution in [0.4, 0.5) is 0 Å². The standard InChI is InChI=1S/C8H13N3S2/c1-3-9-4-2-7(1)5-12-8-10-6-11-13-8/h6-7,9H,1-5H2. The number of nitrogens with zero attached hydrogens (tertiary/aromatic N) is 2. The SMILES string of the molecule is c1nsc(SCC2CCNCC2)n1. The topological polar surface area (TPSA) is 37.8 Å². The van der Waals surface area contributed by atoms with Crippen molar-refractivity contribution in [3.63, 3.8) is 0 Å². The highest BCUT2D eigenvalue weighted by Gasteiger charge is 2.13. The van der Waals surface area contributed by atoms with E-state index in [0.29, 0.717) is 0 Å². The van der Waals surface area contributed by atoms with Gasteiger partial charge < -0.3 is 5.32 Å². The zero-order chi connectivity index (χ0) is 8.93. The molecule has 2 heterocycles. The monoisotopic (exact) mass is 215 g/mol. The molecule has 13 heavy (non-hydrogen) atoms. The molecule has 0 radical (unpaired) electrons. The molecule has 0 spiro atoms. The summed E-state index contributed by atoms with van der Waals surface area (Å²) in [6, 6.07) is 0. The maximum atomic E-state index is 4.16. The van der Waals surface area contributed by atoms with Crippen molar-refractivity contribution in [3.8, 4) is 0 Å². The number of nitrogens with one attached hydrogen (secondary N) is 1. The summed E-state index contributed by atoms with van der Waals surface area (Å²) in [5.74, 6) is 2.08. The van der Waals surface area contributed by atoms with Crippen LogP contribution in [0.15, 0.2) is 10.7 Å². The van der Waals surface area contributed by atoms with E-state index in [4.69, 9.17) is 0 Å². The molecule has 1 aliphatic rings. The first-order chi connectivity index (χ1) is 6.45. The van der Waals surface area contributed by atoms with Crippen LogP contribution >= 0.6 is 23.3 Å². The highest BCUT2D eigenvalue weighted by atomic mass is 32.2. The van der Waals surface area contributed by atoms with Gasteiger partial charge in [0.25, 0.3) is 0 Å². The van der Waals surface area contributed by atoms with E-state index in [1.807, 2.05) is 11.8 Å². The summed E-state index contributed by atoms with van der Waals surface area (Å²) in [4.78, 5) is 4.16. The fourth-order valence-corrected chi connectivity index (χ4v) is 3.12. The van der Waals surface area contributed by atoms with Crippen LogP contribution < -0.4 is 5.32 Å². The Morgan fingerprint density at radius 1 is 1.54 bits per heavy atom. The average molecular weight is 215 g/mol. The maximum absolute atomic E-state index is 4.16. The minimum Gasteiger partial charge on any atom is -0.317 e. The van der Waals surface area contributed by atoms with Crippen molar-refractivity contribution in [2.75, 3.05) is 18.8 Å². The third-order valence-corrected chi connectivity index (χ3v) is 4.27. The zero-order valence-electron chi connectivity index (χ0n) is 7.40. The Morgan fingerprint density at radius 2 is 2.38 bits per heavy atom. The van der Waals surface area contributed by atoms with Gasteiger partial charge in [0.15, 0.2) is 4.34 Å². The van der Waals surface area contributed by atoms with Crippen LogP contribution in [0.5, 0.6) is 0 Å². The normalized spacial score (nSPS) is 19.1. The number of hydrogen-bond donors (Lipinski definition) is 1. The van der Waals surface area contributed by atoms with Crippen LogP contribution in [0.25, 0.3) is 0 Å². The first-order valence-electron chi connectivity index (χ1n) is 4.55. The van der Waals surface area contributed by atoms with E-state index in [1.54, 1.807) is 6.33 Å². The third kappa shape index (κ3) is 2.93. The number of hydrogen-bond acceptors (Lipinski definition) is 5. The molecule has 3 nitrogen and oxygen atoms in total. The Morgan fingerprint density at radius 3 is 3.08 bits per heavy atom. The highest BCUT2D eigenvalue weighted by Crippen LogP contribution is 2.24. The second kappa shape index (κ2) is 4.93. The Kier molecular flexibility index (Phi) is 3.57. The molecule has 0 aromatic carbocycles. The smallest absolute Gasteiger partial charge is 0.169 e. The lowest BCUT2D eigenvalue weighted by atomic mass is 10.0. The van der Waals surface area contributed by atoms with Gasteiger partial charge in [0.1, 0.15) is 6.33 Å². The van der Waals surface area contributed by atoms with Crippen molar-refractivity contribution < 1.29 is 0 Å². The molecule has 0 bridgehead atoms. The molecule has 72 valence electrons. The van der Waals surface area contributed by atoms with Gasteiger partial charge in [-0.2, -0.15) is 4.37 Å². The van der Waals surface area contributed by atoms with E-state index in [9.17, 15) is 0 Å². The van der Waals surface area contributed by atoms with E-state index in [1.165, 1.54) is 43.2 Å². The molecule has 0 unspecified atom stereocenters. The first kappa shape index (κ1) is 9.43. The van der Waals surface area contributed by atoms with Gasteiger partial charge in [-0.05, 0) is 43.4 Å². The summed E-state index contributed by atoms with van der Waals surface area (Å²) < 4.78 is 5.09. The number of rotatable bonds is 3. The van der Waals surface area contributed by atoms with Gasteiger partial charge in [-0.1, -0.05) is 11.8 Å². The fraction of sp³-hybridized carbons (Fsp3) is 0.750. The van der Waals surface area contributed by atoms with Gasteiger partial charge in [-0.15, -0.1) is 0 Å². The predicted octanol–water partition coefficient (Wildman–Crippen LogP) is 1.63. The molecule has 2 rings (SSSR count). The van der Waals surface area contributed by atoms with Crippen LogP contribution in [-0.4, -0.2) is 28.2 Å². The molecule has 1 saturated heterocycles. The Balaban J connectivity index is 1.72. The maximum Gasteiger partial charge on any atom is 0.169 e. The summed E-state index contributed by atoms with van der Waals surface area (Å²) in [6.45, 7) is 2.36. The van der Waals surface area contributed by atoms with Crippen molar-refractivity contribution in [3.05, 3.63) is 6.33 Å². The molecule has 1 aromatic heterocycles. The first-order valence-corrected chi connectivity index (χ1v) is 6.31. The molecule has 0 amide bonds. The second-order valence-electron chi connectivity index (χ2n) is 3.21. The Hall–Kier alpha value is -0.130. The fourth-order valence-electron chi connectivity index (χ4n) is 1.46. The molecule has 1 aliphatic heterocycles. The Bertz CT molecular complexity index is 232. The van der Waals surface area contributed by atoms with E-state index in [2.05, 4.69) is 14.7 Å². The van der Waals surface area contributed by atoms with Crippen molar-refractivity contribution >= 4 is 23.3 Å². The molecule has 1 aromatic rings. The van der Waals surface area contributed by atoms with Crippen molar-refractivity contribution in [2.45, 2.75) is 17.2 Å². The molecule has 0 aliphatic carbocycles. The lowest BCUT2D eigenvalue weighted by Crippen LogP contribution is -2.28. The van der Waals surface area contributed by atoms with Gasteiger partial charge in [0.05, 0.1) is 0 Å². The number of piperidine rings is 1. The third-order valence-electron chi connectivity index (χ3n) is 2.24. The van der Waals surface area contributed by atoms with Crippen LogP contribution in [0.3, 0.4) is 0 Å². The van der Waals surface area contributed by atoms with E-state index in [-0.39, 0.29) is 0 Å². The zero-order valence-corrected chi connectivity index (χ0v) is 9.03. The summed E-state index contributed by atoms with van der Waals surface area (Å²) in [7, 11) is 0. The lowest BCUT2D eigenvalue weighted by molar-refractivity contribution is 0.408. The summed E-state index contributed by atoms with van der Waals surface area (Å²) in [6.07, 6.45) is 4.26. The molecule has 1 N–H and O–H groups in total. The summed E-state index contributed by atoms with van der Waals surface area (Å²) in [5.41, 5.74) is 0. The van der Waals surface area contributed by atoms with Crippen LogP contribution in [0.2, 0.25) is 0 Å². The average Bonchev–Trinajstić information content (AvgIpc) is 2.69. The minimum atomic E-state index is 0.871.